The van der Waals surface area contributed by atoms with Crippen LogP contribution in [0.25, 0.3) is 83.4 Å². The number of para-hydroxylation sites is 1. The van der Waals surface area contributed by atoms with Gasteiger partial charge in [0.15, 0.2) is 0 Å². The Morgan fingerprint density at radius 3 is 1.77 bits per heavy atom. The second kappa shape index (κ2) is 13.7. The van der Waals surface area contributed by atoms with E-state index in [1.807, 2.05) is 23.5 Å². The van der Waals surface area contributed by atoms with Crippen molar-refractivity contribution in [2.45, 2.75) is 38.8 Å². The lowest BCUT2D eigenvalue weighted by Crippen LogP contribution is -2.17. The van der Waals surface area contributed by atoms with Crippen molar-refractivity contribution in [3.05, 3.63) is 205 Å². The van der Waals surface area contributed by atoms with Gasteiger partial charge in [0, 0.05) is 52.6 Å². The average Bonchev–Trinajstić information content (AvgIpc) is 3.76. The Morgan fingerprint density at radius 1 is 0.417 bits per heavy atom. The van der Waals surface area contributed by atoms with E-state index in [4.69, 9.17) is 4.98 Å². The smallest absolute Gasteiger partial charge is 0.0715 e. The van der Waals surface area contributed by atoms with Gasteiger partial charge < -0.3 is 4.57 Å². The summed E-state index contributed by atoms with van der Waals surface area (Å²) in [4.78, 5) is 10.7. The standard InChI is InChI=1S/C56H38N2S2/c1-56(2)46-32-39(23-27-42(46)44-28-30-53-55(54(44)56)60-52-20-12-11-19-51(52)59-53)38-24-29-50-45(31-38)43-17-9-10-18-49(43)58(50)41-25-21-37(22-26-41)48-34-40(35-13-5-3-6-14-35)33-47(57-48)36-15-7-4-8-16-36/h3-34H,1-2H3. The molecule has 0 fully saturated rings. The minimum Gasteiger partial charge on any atom is -0.309 e. The second-order valence-corrected chi connectivity index (χ2v) is 18.5. The highest BCUT2D eigenvalue weighted by molar-refractivity contribution is 8.05. The van der Waals surface area contributed by atoms with E-state index in [-0.39, 0.29) is 5.41 Å². The molecule has 10 aromatic rings. The zero-order chi connectivity index (χ0) is 40.0. The van der Waals surface area contributed by atoms with E-state index in [0.717, 1.165) is 33.8 Å². The summed E-state index contributed by atoms with van der Waals surface area (Å²) in [6.45, 7) is 4.82. The van der Waals surface area contributed by atoms with E-state index in [0.29, 0.717) is 0 Å². The molecule has 0 saturated heterocycles. The van der Waals surface area contributed by atoms with Crippen LogP contribution in [0, 0.1) is 0 Å². The summed E-state index contributed by atoms with van der Waals surface area (Å²) in [5, 5.41) is 2.50. The maximum atomic E-state index is 5.19. The van der Waals surface area contributed by atoms with Crippen LogP contribution in [0.4, 0.5) is 0 Å². The largest absolute Gasteiger partial charge is 0.309 e. The molecule has 0 bridgehead atoms. The van der Waals surface area contributed by atoms with Crippen molar-refractivity contribution in [2.75, 3.05) is 0 Å². The van der Waals surface area contributed by atoms with Gasteiger partial charge in [0.2, 0.25) is 0 Å². The summed E-state index contributed by atoms with van der Waals surface area (Å²) in [7, 11) is 0. The molecular weight excluding hydrogens is 765 g/mol. The van der Waals surface area contributed by atoms with Gasteiger partial charge in [-0.1, -0.05) is 165 Å². The molecule has 1 aliphatic carbocycles. The quantitative estimate of drug-likeness (QED) is 0.173. The molecule has 0 saturated carbocycles. The Kier molecular flexibility index (Phi) is 8.10. The van der Waals surface area contributed by atoms with Gasteiger partial charge >= 0.3 is 0 Å². The Labute approximate surface area is 358 Å². The SMILES string of the molecule is CC1(C)c2cc(-c3ccc4c(c3)c3ccccc3n4-c3ccc(-c4cc(-c5ccccc5)cc(-c5ccccc5)n4)cc3)ccc2-c2ccc3c(c21)Sc1ccccc1S3. The van der Waals surface area contributed by atoms with Gasteiger partial charge in [0.1, 0.15) is 0 Å². The lowest BCUT2D eigenvalue weighted by atomic mass is 9.81. The van der Waals surface area contributed by atoms with Crippen molar-refractivity contribution >= 4 is 45.3 Å². The monoisotopic (exact) mass is 802 g/mol. The van der Waals surface area contributed by atoms with Crippen molar-refractivity contribution in [3.63, 3.8) is 0 Å². The Hall–Kier alpha value is -6.59. The van der Waals surface area contributed by atoms with Crippen LogP contribution >= 0.6 is 23.5 Å². The molecular formula is C56H38N2S2. The highest BCUT2D eigenvalue weighted by Crippen LogP contribution is 2.59. The molecule has 4 heteroatoms. The minimum absolute atomic E-state index is 0.125. The molecule has 284 valence electrons. The van der Waals surface area contributed by atoms with Crippen LogP contribution in [0.1, 0.15) is 25.0 Å². The Morgan fingerprint density at radius 2 is 1.00 bits per heavy atom. The lowest BCUT2D eigenvalue weighted by molar-refractivity contribution is 0.642. The van der Waals surface area contributed by atoms with E-state index in [1.165, 1.54) is 80.3 Å². The van der Waals surface area contributed by atoms with Gasteiger partial charge in [-0.3, -0.25) is 0 Å². The summed E-state index contributed by atoms with van der Waals surface area (Å²) in [6.07, 6.45) is 0. The molecule has 2 nitrogen and oxygen atoms in total. The number of pyridine rings is 1. The van der Waals surface area contributed by atoms with Crippen LogP contribution in [0.5, 0.6) is 0 Å². The number of nitrogens with zero attached hydrogens (tertiary/aromatic N) is 2. The average molecular weight is 803 g/mol. The van der Waals surface area contributed by atoms with Crippen LogP contribution in [-0.2, 0) is 5.41 Å². The third kappa shape index (κ3) is 5.62. The van der Waals surface area contributed by atoms with Crippen LogP contribution in [0.3, 0.4) is 0 Å². The number of hydrogen-bond acceptors (Lipinski definition) is 3. The van der Waals surface area contributed by atoms with E-state index in [9.17, 15) is 0 Å². The van der Waals surface area contributed by atoms with Crippen molar-refractivity contribution in [1.82, 2.24) is 9.55 Å². The van der Waals surface area contributed by atoms with E-state index in [2.05, 4.69) is 213 Å². The second-order valence-electron chi connectivity index (χ2n) is 16.3. The highest BCUT2D eigenvalue weighted by atomic mass is 32.2. The van der Waals surface area contributed by atoms with Gasteiger partial charge in [-0.2, -0.15) is 0 Å². The molecule has 0 atom stereocenters. The number of benzene rings is 8. The molecule has 0 amide bonds. The van der Waals surface area contributed by atoms with Crippen LogP contribution in [0.15, 0.2) is 214 Å². The fourth-order valence-corrected chi connectivity index (χ4v) is 12.0. The molecule has 8 aromatic carbocycles. The van der Waals surface area contributed by atoms with Crippen LogP contribution < -0.4 is 0 Å². The van der Waals surface area contributed by atoms with Crippen molar-refractivity contribution in [3.8, 4) is 61.6 Å². The number of aromatic nitrogens is 2. The highest BCUT2D eigenvalue weighted by Gasteiger charge is 2.40. The summed E-state index contributed by atoms with van der Waals surface area (Å²) in [5.74, 6) is 0. The molecule has 12 rings (SSSR count). The van der Waals surface area contributed by atoms with E-state index in [1.54, 1.807) is 0 Å². The summed E-state index contributed by atoms with van der Waals surface area (Å²) >= 11 is 3.84. The molecule has 2 aromatic heterocycles. The molecule has 0 unspecified atom stereocenters. The van der Waals surface area contributed by atoms with Crippen LogP contribution in [0.2, 0.25) is 0 Å². The zero-order valence-electron chi connectivity index (χ0n) is 33.2. The van der Waals surface area contributed by atoms with Crippen LogP contribution in [-0.4, -0.2) is 9.55 Å². The summed E-state index contributed by atoms with van der Waals surface area (Å²) in [6, 6.07) is 70.8. The van der Waals surface area contributed by atoms with Gasteiger partial charge in [0.05, 0.1) is 22.4 Å². The number of fused-ring (bicyclic) bond motifs is 9. The fraction of sp³-hybridized carbons (Fsp3) is 0.0536. The maximum Gasteiger partial charge on any atom is 0.0715 e. The van der Waals surface area contributed by atoms with E-state index >= 15 is 0 Å². The molecule has 2 aliphatic rings. The predicted molar refractivity (Wildman–Crippen MR) is 253 cm³/mol. The van der Waals surface area contributed by atoms with Gasteiger partial charge in [-0.05, 0) is 111 Å². The van der Waals surface area contributed by atoms with Gasteiger partial charge in [-0.25, -0.2) is 4.98 Å². The molecule has 60 heavy (non-hydrogen) atoms. The Balaban J connectivity index is 0.918. The van der Waals surface area contributed by atoms with Gasteiger partial charge in [-0.15, -0.1) is 0 Å². The molecule has 0 radical (unpaired) electrons. The van der Waals surface area contributed by atoms with Gasteiger partial charge in [0.25, 0.3) is 0 Å². The topological polar surface area (TPSA) is 17.8 Å². The first-order valence-corrected chi connectivity index (χ1v) is 22.2. The number of hydrogen-bond donors (Lipinski definition) is 0. The normalized spacial score (nSPS) is 13.5. The fourth-order valence-electron chi connectivity index (χ4n) is 9.49. The Bertz CT molecular complexity index is 3270. The first kappa shape index (κ1) is 35.4. The first-order chi connectivity index (χ1) is 29.5. The van der Waals surface area contributed by atoms with E-state index < -0.39 is 0 Å². The maximum absolute atomic E-state index is 5.19. The molecule has 3 heterocycles. The van der Waals surface area contributed by atoms with Crippen molar-refractivity contribution in [1.29, 1.82) is 0 Å². The third-order valence-electron chi connectivity index (χ3n) is 12.4. The summed E-state index contributed by atoms with van der Waals surface area (Å²) in [5.41, 5.74) is 17.9. The summed E-state index contributed by atoms with van der Waals surface area (Å²) < 4.78 is 2.40. The predicted octanol–water partition coefficient (Wildman–Crippen LogP) is 15.8. The zero-order valence-corrected chi connectivity index (χ0v) is 34.8. The molecule has 0 N–H and O–H groups in total. The first-order valence-electron chi connectivity index (χ1n) is 20.5. The van der Waals surface area contributed by atoms with Crippen molar-refractivity contribution < 1.29 is 0 Å². The molecule has 1 aliphatic heterocycles. The molecule has 0 spiro atoms. The lowest BCUT2D eigenvalue weighted by Gasteiger charge is -2.28. The third-order valence-corrected chi connectivity index (χ3v) is 15.0. The minimum atomic E-state index is -0.125. The number of rotatable bonds is 5. The van der Waals surface area contributed by atoms with Crippen molar-refractivity contribution in [2.24, 2.45) is 0 Å².